The second-order valence-electron chi connectivity index (χ2n) is 6.54. The van der Waals surface area contributed by atoms with Gasteiger partial charge in [-0.3, -0.25) is 4.79 Å². The summed E-state index contributed by atoms with van der Waals surface area (Å²) < 4.78 is 10.9. The van der Waals surface area contributed by atoms with Crippen LogP contribution in [0.4, 0.5) is 0 Å². The van der Waals surface area contributed by atoms with E-state index in [0.29, 0.717) is 31.0 Å². The Kier molecular flexibility index (Phi) is 3.72. The zero-order valence-electron chi connectivity index (χ0n) is 12.1. The molecule has 0 spiro atoms. The fourth-order valence-corrected chi connectivity index (χ4v) is 3.83. The minimum atomic E-state index is -0.0991. The monoisotopic (exact) mass is 254 g/mol. The third-order valence-corrected chi connectivity index (χ3v) is 5.64. The molecule has 18 heavy (non-hydrogen) atoms. The molecule has 0 saturated heterocycles. The van der Waals surface area contributed by atoms with Gasteiger partial charge in [0.1, 0.15) is 6.10 Å². The molecular weight excluding hydrogens is 228 g/mol. The van der Waals surface area contributed by atoms with Gasteiger partial charge >= 0.3 is 5.97 Å². The third-order valence-electron chi connectivity index (χ3n) is 5.64. The number of carbonyl (C=O) groups excluding carboxylic acids is 1. The minimum Gasteiger partial charge on any atom is -0.462 e. The maximum absolute atomic E-state index is 11.8. The number of hydrogen-bond donors (Lipinski definition) is 0. The van der Waals surface area contributed by atoms with Gasteiger partial charge < -0.3 is 9.47 Å². The van der Waals surface area contributed by atoms with Crippen molar-refractivity contribution in [1.29, 1.82) is 0 Å². The van der Waals surface area contributed by atoms with Gasteiger partial charge in [-0.05, 0) is 37.5 Å². The quantitative estimate of drug-likeness (QED) is 0.558. The Hall–Kier alpha value is -0.570. The molecule has 2 aliphatic carbocycles. The Labute approximate surface area is 110 Å². The summed E-state index contributed by atoms with van der Waals surface area (Å²) in [6.07, 6.45) is 4.01. The van der Waals surface area contributed by atoms with E-state index in [2.05, 4.69) is 20.8 Å². The van der Waals surface area contributed by atoms with Gasteiger partial charge in [-0.25, -0.2) is 0 Å². The molecule has 3 atom stereocenters. The largest absolute Gasteiger partial charge is 0.462 e. The lowest BCUT2D eigenvalue weighted by atomic mass is 9.70. The number of carbonyl (C=O) groups is 1. The molecule has 2 bridgehead atoms. The van der Waals surface area contributed by atoms with Gasteiger partial charge in [-0.1, -0.05) is 20.8 Å². The molecule has 0 amide bonds. The lowest BCUT2D eigenvalue weighted by Crippen LogP contribution is -2.38. The lowest BCUT2D eigenvalue weighted by Gasteiger charge is -2.38. The van der Waals surface area contributed by atoms with Crippen LogP contribution < -0.4 is 0 Å². The van der Waals surface area contributed by atoms with Crippen molar-refractivity contribution in [1.82, 2.24) is 0 Å². The second kappa shape index (κ2) is 4.84. The van der Waals surface area contributed by atoms with Crippen LogP contribution in [0, 0.1) is 16.7 Å². The first-order valence-electron chi connectivity index (χ1n) is 7.19. The molecule has 0 radical (unpaired) electrons. The molecule has 0 aromatic carbocycles. The molecule has 104 valence electrons. The van der Waals surface area contributed by atoms with Crippen molar-refractivity contribution in [2.75, 3.05) is 13.2 Å². The molecule has 2 saturated carbocycles. The van der Waals surface area contributed by atoms with Crippen LogP contribution in [0.25, 0.3) is 0 Å². The van der Waals surface area contributed by atoms with Crippen molar-refractivity contribution >= 4 is 5.97 Å². The standard InChI is InChI=1S/C15H26O3/c1-5-17-9-7-13(16)18-12-10-11-6-8-15(12,4)14(11,2)3/h11-12H,5-10H2,1-4H3. The molecule has 2 rings (SSSR count). The van der Waals surface area contributed by atoms with Crippen molar-refractivity contribution in [2.24, 2.45) is 16.7 Å². The maximum atomic E-state index is 11.8. The highest BCUT2D eigenvalue weighted by Gasteiger charge is 2.62. The Morgan fingerprint density at radius 1 is 1.33 bits per heavy atom. The number of ether oxygens (including phenoxy) is 2. The molecule has 3 nitrogen and oxygen atoms in total. The zero-order valence-corrected chi connectivity index (χ0v) is 12.1. The van der Waals surface area contributed by atoms with Crippen LogP contribution in [0.3, 0.4) is 0 Å². The number of hydrogen-bond acceptors (Lipinski definition) is 3. The first-order chi connectivity index (χ1) is 8.41. The Balaban J connectivity index is 1.90. The van der Waals surface area contributed by atoms with E-state index in [9.17, 15) is 4.79 Å². The highest BCUT2D eigenvalue weighted by molar-refractivity contribution is 5.69. The molecule has 0 aliphatic heterocycles. The van der Waals surface area contributed by atoms with Crippen LogP contribution in [0.15, 0.2) is 0 Å². The van der Waals surface area contributed by atoms with E-state index >= 15 is 0 Å². The molecule has 0 aromatic rings. The first kappa shape index (κ1) is 13.9. The summed E-state index contributed by atoms with van der Waals surface area (Å²) in [4.78, 5) is 11.8. The van der Waals surface area contributed by atoms with Crippen LogP contribution in [0.5, 0.6) is 0 Å². The fraction of sp³-hybridized carbons (Fsp3) is 0.933. The molecule has 0 aromatic heterocycles. The molecule has 0 heterocycles. The molecule has 3 unspecified atom stereocenters. The van der Waals surface area contributed by atoms with Crippen LogP contribution in [-0.2, 0) is 14.3 Å². The highest BCUT2D eigenvalue weighted by Crippen LogP contribution is 2.66. The van der Waals surface area contributed by atoms with Gasteiger partial charge in [0.05, 0.1) is 13.0 Å². The summed E-state index contributed by atoms with van der Waals surface area (Å²) in [6.45, 7) is 10.0. The van der Waals surface area contributed by atoms with Crippen LogP contribution in [-0.4, -0.2) is 25.3 Å². The van der Waals surface area contributed by atoms with E-state index in [4.69, 9.17) is 9.47 Å². The molecule has 3 heteroatoms. The van der Waals surface area contributed by atoms with Gasteiger partial charge in [-0.15, -0.1) is 0 Å². The third kappa shape index (κ3) is 2.07. The normalized spacial score (nSPS) is 36.9. The average molecular weight is 254 g/mol. The van der Waals surface area contributed by atoms with E-state index in [1.807, 2.05) is 6.92 Å². The zero-order chi connectivity index (χ0) is 13.4. The van der Waals surface area contributed by atoms with Crippen molar-refractivity contribution in [2.45, 2.75) is 59.5 Å². The molecular formula is C15H26O3. The average Bonchev–Trinajstić information content (AvgIpc) is 2.62. The van der Waals surface area contributed by atoms with E-state index in [0.717, 1.165) is 6.42 Å². The summed E-state index contributed by atoms with van der Waals surface area (Å²) >= 11 is 0. The minimum absolute atomic E-state index is 0.0991. The van der Waals surface area contributed by atoms with Crippen molar-refractivity contribution in [3.63, 3.8) is 0 Å². The van der Waals surface area contributed by atoms with Gasteiger partial charge in [0.25, 0.3) is 0 Å². The lowest BCUT2D eigenvalue weighted by molar-refractivity contribution is -0.158. The Morgan fingerprint density at radius 2 is 2.06 bits per heavy atom. The summed E-state index contributed by atoms with van der Waals surface area (Å²) in [5.74, 6) is 0.616. The predicted molar refractivity (Wildman–Crippen MR) is 70.2 cm³/mol. The van der Waals surface area contributed by atoms with Crippen LogP contribution >= 0.6 is 0 Å². The molecule has 0 N–H and O–H groups in total. The van der Waals surface area contributed by atoms with Crippen LogP contribution in [0.1, 0.15) is 53.4 Å². The Bertz CT molecular complexity index is 324. The van der Waals surface area contributed by atoms with Gasteiger partial charge in [-0.2, -0.15) is 0 Å². The van der Waals surface area contributed by atoms with Crippen molar-refractivity contribution in [3.05, 3.63) is 0 Å². The van der Waals surface area contributed by atoms with E-state index < -0.39 is 0 Å². The van der Waals surface area contributed by atoms with Gasteiger partial charge in [0.15, 0.2) is 0 Å². The van der Waals surface area contributed by atoms with E-state index in [1.54, 1.807) is 0 Å². The van der Waals surface area contributed by atoms with E-state index in [-0.39, 0.29) is 17.5 Å². The Morgan fingerprint density at radius 3 is 2.56 bits per heavy atom. The SMILES string of the molecule is CCOCCC(=O)OC1CC2CCC1(C)C2(C)C. The van der Waals surface area contributed by atoms with E-state index in [1.165, 1.54) is 12.8 Å². The predicted octanol–water partition coefficient (Wildman–Crippen LogP) is 3.17. The number of esters is 1. The summed E-state index contributed by atoms with van der Waals surface area (Å²) in [7, 11) is 0. The summed E-state index contributed by atoms with van der Waals surface area (Å²) in [5, 5.41) is 0. The summed E-state index contributed by atoms with van der Waals surface area (Å²) in [5.41, 5.74) is 0.469. The number of rotatable bonds is 5. The van der Waals surface area contributed by atoms with Crippen molar-refractivity contribution < 1.29 is 14.3 Å². The van der Waals surface area contributed by atoms with Gasteiger partial charge in [0, 0.05) is 12.0 Å². The van der Waals surface area contributed by atoms with Gasteiger partial charge in [0.2, 0.25) is 0 Å². The maximum Gasteiger partial charge on any atom is 0.308 e. The fourth-order valence-electron chi connectivity index (χ4n) is 3.83. The topological polar surface area (TPSA) is 35.5 Å². The van der Waals surface area contributed by atoms with Crippen molar-refractivity contribution in [3.8, 4) is 0 Å². The van der Waals surface area contributed by atoms with Crippen LogP contribution in [0.2, 0.25) is 0 Å². The molecule has 2 fully saturated rings. The summed E-state index contributed by atoms with van der Waals surface area (Å²) in [6, 6.07) is 0. The first-order valence-corrected chi connectivity index (χ1v) is 7.19. The highest BCUT2D eigenvalue weighted by atomic mass is 16.5. The number of fused-ring (bicyclic) bond motifs is 2. The molecule has 2 aliphatic rings. The smallest absolute Gasteiger partial charge is 0.308 e. The second-order valence-corrected chi connectivity index (χ2v) is 6.54.